The molecule has 2 saturated carbocycles. The van der Waals surface area contributed by atoms with E-state index < -0.39 is 11.0 Å². The van der Waals surface area contributed by atoms with Gasteiger partial charge in [0.25, 0.3) is 0 Å². The van der Waals surface area contributed by atoms with Gasteiger partial charge in [0.05, 0.1) is 18.1 Å². The maximum Gasteiger partial charge on any atom is 0.142 e. The number of Topliss-reactive ketones (excluding diaryl/α,β-unsaturated/α-hetero) is 2. The lowest BCUT2D eigenvalue weighted by Crippen LogP contribution is -2.53. The van der Waals surface area contributed by atoms with Gasteiger partial charge >= 0.3 is 0 Å². The lowest BCUT2D eigenvalue weighted by Gasteiger charge is -2.44. The number of fused-ring (bicyclic) bond motifs is 1. The van der Waals surface area contributed by atoms with E-state index in [9.17, 15) is 14.7 Å². The van der Waals surface area contributed by atoms with Gasteiger partial charge in [0.2, 0.25) is 0 Å². The fourth-order valence-corrected chi connectivity index (χ4v) is 3.90. The Kier molecular flexibility index (Phi) is 3.36. The smallest absolute Gasteiger partial charge is 0.142 e. The molecule has 0 aliphatic heterocycles. The Morgan fingerprint density at radius 3 is 2.52 bits per heavy atom. The van der Waals surface area contributed by atoms with Crippen LogP contribution in [0.4, 0.5) is 0 Å². The van der Waals surface area contributed by atoms with E-state index in [2.05, 4.69) is 0 Å². The molecule has 0 bridgehead atoms. The maximum atomic E-state index is 12.5. The zero-order valence-electron chi connectivity index (χ0n) is 12.2. The van der Waals surface area contributed by atoms with Crippen molar-refractivity contribution in [2.75, 3.05) is 7.11 Å². The molecule has 2 atom stereocenters. The highest BCUT2D eigenvalue weighted by Crippen LogP contribution is 2.53. The minimum absolute atomic E-state index is 0.0672. The molecule has 0 radical (unpaired) electrons. The highest BCUT2D eigenvalue weighted by molar-refractivity contribution is 5.93. The SMILES string of the molecule is COc1ccc(C[C@]23CCC(=O)C[C@@]2(O)CCC3=O)cc1. The fraction of sp³-hybridized carbons (Fsp3) is 0.529. The number of rotatable bonds is 3. The summed E-state index contributed by atoms with van der Waals surface area (Å²) in [5.41, 5.74) is -0.937. The van der Waals surface area contributed by atoms with Gasteiger partial charge in [-0.1, -0.05) is 12.1 Å². The number of aliphatic hydroxyl groups is 1. The van der Waals surface area contributed by atoms with Gasteiger partial charge in [-0.05, 0) is 37.0 Å². The van der Waals surface area contributed by atoms with Gasteiger partial charge in [-0.3, -0.25) is 9.59 Å². The first-order chi connectivity index (χ1) is 9.99. The summed E-state index contributed by atoms with van der Waals surface area (Å²) in [6.07, 6.45) is 2.26. The van der Waals surface area contributed by atoms with Crippen molar-refractivity contribution < 1.29 is 19.4 Å². The Bertz CT molecular complexity index is 577. The van der Waals surface area contributed by atoms with Gasteiger partial charge in [0.15, 0.2) is 0 Å². The zero-order valence-corrected chi connectivity index (χ0v) is 12.2. The van der Waals surface area contributed by atoms with Crippen LogP contribution < -0.4 is 4.74 Å². The Labute approximate surface area is 124 Å². The van der Waals surface area contributed by atoms with Crippen LogP contribution in [-0.4, -0.2) is 29.4 Å². The molecule has 4 heteroatoms. The molecule has 0 amide bonds. The predicted octanol–water partition coefficient (Wildman–Crippen LogP) is 2.07. The average molecular weight is 288 g/mol. The quantitative estimate of drug-likeness (QED) is 0.925. The monoisotopic (exact) mass is 288 g/mol. The number of benzene rings is 1. The van der Waals surface area contributed by atoms with Crippen molar-refractivity contribution in [1.29, 1.82) is 0 Å². The van der Waals surface area contributed by atoms with Crippen molar-refractivity contribution in [2.45, 2.75) is 44.1 Å². The second-order valence-corrected chi connectivity index (χ2v) is 6.28. The van der Waals surface area contributed by atoms with Crippen LogP contribution in [0, 0.1) is 5.41 Å². The van der Waals surface area contributed by atoms with Crippen molar-refractivity contribution in [3.05, 3.63) is 29.8 Å². The van der Waals surface area contributed by atoms with E-state index in [1.807, 2.05) is 24.3 Å². The average Bonchev–Trinajstić information content (AvgIpc) is 2.72. The molecule has 21 heavy (non-hydrogen) atoms. The van der Waals surface area contributed by atoms with Gasteiger partial charge in [-0.2, -0.15) is 0 Å². The number of carbonyl (C=O) groups excluding carboxylic acids is 2. The highest BCUT2D eigenvalue weighted by atomic mass is 16.5. The molecule has 0 aromatic heterocycles. The van der Waals surface area contributed by atoms with Crippen LogP contribution >= 0.6 is 0 Å². The van der Waals surface area contributed by atoms with Gasteiger partial charge in [-0.15, -0.1) is 0 Å². The maximum absolute atomic E-state index is 12.5. The molecule has 0 spiro atoms. The molecule has 112 valence electrons. The van der Waals surface area contributed by atoms with Crippen molar-refractivity contribution >= 4 is 11.6 Å². The van der Waals surface area contributed by atoms with E-state index in [1.54, 1.807) is 7.11 Å². The summed E-state index contributed by atoms with van der Waals surface area (Å²) in [5, 5.41) is 10.9. The standard InChI is InChI=1S/C17H20O4/c1-21-14-4-2-12(3-5-14)10-16-8-6-13(18)11-17(16,20)9-7-15(16)19/h2-5,20H,6-11H2,1H3/t16-,17-/m0/s1. The number of ketones is 2. The number of hydrogen-bond acceptors (Lipinski definition) is 4. The van der Waals surface area contributed by atoms with E-state index >= 15 is 0 Å². The van der Waals surface area contributed by atoms with Crippen LogP contribution in [-0.2, 0) is 16.0 Å². The van der Waals surface area contributed by atoms with Crippen LogP contribution in [0.3, 0.4) is 0 Å². The van der Waals surface area contributed by atoms with Crippen molar-refractivity contribution in [2.24, 2.45) is 5.41 Å². The van der Waals surface area contributed by atoms with Gasteiger partial charge < -0.3 is 9.84 Å². The molecule has 2 aliphatic carbocycles. The predicted molar refractivity (Wildman–Crippen MR) is 77.2 cm³/mol. The van der Waals surface area contributed by atoms with Crippen molar-refractivity contribution in [3.63, 3.8) is 0 Å². The molecule has 2 aliphatic rings. The van der Waals surface area contributed by atoms with E-state index in [-0.39, 0.29) is 18.0 Å². The van der Waals surface area contributed by atoms with E-state index in [0.717, 1.165) is 11.3 Å². The summed E-state index contributed by atoms with van der Waals surface area (Å²) in [6, 6.07) is 7.57. The van der Waals surface area contributed by atoms with E-state index in [0.29, 0.717) is 32.1 Å². The first-order valence-electron chi connectivity index (χ1n) is 7.39. The van der Waals surface area contributed by atoms with Crippen LogP contribution in [0.2, 0.25) is 0 Å². The van der Waals surface area contributed by atoms with Crippen LogP contribution in [0.5, 0.6) is 5.75 Å². The number of methoxy groups -OCH3 is 1. The normalized spacial score (nSPS) is 32.1. The fourth-order valence-electron chi connectivity index (χ4n) is 3.90. The molecular weight excluding hydrogens is 268 g/mol. The summed E-state index contributed by atoms with van der Waals surface area (Å²) in [7, 11) is 1.61. The molecule has 3 rings (SSSR count). The zero-order chi connectivity index (χ0) is 15.1. The number of ether oxygens (including phenoxy) is 1. The summed E-state index contributed by atoms with van der Waals surface area (Å²) in [4.78, 5) is 24.2. The Morgan fingerprint density at radius 2 is 1.86 bits per heavy atom. The topological polar surface area (TPSA) is 63.6 Å². The minimum atomic E-state index is -1.15. The largest absolute Gasteiger partial charge is 0.497 e. The summed E-state index contributed by atoms with van der Waals surface area (Å²) >= 11 is 0. The second-order valence-electron chi connectivity index (χ2n) is 6.28. The molecular formula is C17H20O4. The summed E-state index contributed by atoms with van der Waals surface area (Å²) < 4.78 is 5.14. The molecule has 0 heterocycles. The Hall–Kier alpha value is -1.68. The van der Waals surface area contributed by atoms with Crippen LogP contribution in [0.25, 0.3) is 0 Å². The highest BCUT2D eigenvalue weighted by Gasteiger charge is 2.61. The molecule has 1 N–H and O–H groups in total. The molecule has 2 fully saturated rings. The third-order valence-corrected chi connectivity index (χ3v) is 5.18. The van der Waals surface area contributed by atoms with Gasteiger partial charge in [0.1, 0.15) is 17.3 Å². The first kappa shape index (κ1) is 14.3. The Morgan fingerprint density at radius 1 is 1.14 bits per heavy atom. The third kappa shape index (κ3) is 2.18. The van der Waals surface area contributed by atoms with E-state index in [4.69, 9.17) is 4.74 Å². The third-order valence-electron chi connectivity index (χ3n) is 5.18. The lowest BCUT2D eigenvalue weighted by molar-refractivity contribution is -0.151. The Balaban J connectivity index is 1.92. The van der Waals surface area contributed by atoms with Gasteiger partial charge in [0, 0.05) is 19.3 Å². The molecule has 1 aromatic carbocycles. The van der Waals surface area contributed by atoms with Crippen molar-refractivity contribution in [3.8, 4) is 5.75 Å². The van der Waals surface area contributed by atoms with Crippen LogP contribution in [0.1, 0.15) is 37.7 Å². The first-order valence-corrected chi connectivity index (χ1v) is 7.39. The van der Waals surface area contributed by atoms with Crippen LogP contribution in [0.15, 0.2) is 24.3 Å². The summed E-state index contributed by atoms with van der Waals surface area (Å²) in [6.45, 7) is 0. The van der Waals surface area contributed by atoms with E-state index in [1.165, 1.54) is 0 Å². The number of carbonyl (C=O) groups is 2. The molecule has 4 nitrogen and oxygen atoms in total. The van der Waals surface area contributed by atoms with Crippen molar-refractivity contribution in [1.82, 2.24) is 0 Å². The summed E-state index contributed by atoms with van der Waals surface area (Å²) in [5.74, 6) is 0.939. The number of hydrogen-bond donors (Lipinski definition) is 1. The lowest BCUT2D eigenvalue weighted by atomic mass is 9.61. The van der Waals surface area contributed by atoms with Gasteiger partial charge in [-0.25, -0.2) is 0 Å². The molecule has 1 aromatic rings. The molecule has 0 saturated heterocycles. The minimum Gasteiger partial charge on any atom is -0.497 e. The second kappa shape index (κ2) is 4.95. The molecule has 0 unspecified atom stereocenters.